The van der Waals surface area contributed by atoms with Gasteiger partial charge in [-0.1, -0.05) is 6.07 Å². The third kappa shape index (κ3) is 2.85. The van der Waals surface area contributed by atoms with Crippen LogP contribution in [-0.2, 0) is 6.54 Å². The molecule has 0 saturated carbocycles. The average molecular weight is 342 g/mol. The first-order chi connectivity index (χ1) is 9.40. The van der Waals surface area contributed by atoms with E-state index < -0.39 is 29.5 Å². The fourth-order valence-corrected chi connectivity index (χ4v) is 2.45. The second-order valence-corrected chi connectivity index (χ2v) is 5.21. The number of ketones is 1. The molecule has 0 radical (unpaired) electrons. The zero-order valence-corrected chi connectivity index (χ0v) is 12.1. The first kappa shape index (κ1) is 14.6. The predicted molar refractivity (Wildman–Crippen MR) is 73.8 cm³/mol. The van der Waals surface area contributed by atoms with E-state index in [1.54, 1.807) is 13.0 Å². The molecule has 2 rings (SSSR count). The molecule has 3 nitrogen and oxygen atoms in total. The molecule has 0 aliphatic rings. The molecule has 0 aliphatic heterocycles. The number of rotatable bonds is 3. The predicted octanol–water partition coefficient (Wildman–Crippen LogP) is 3.08. The van der Waals surface area contributed by atoms with E-state index >= 15 is 0 Å². The quantitative estimate of drug-likeness (QED) is 0.805. The summed E-state index contributed by atoms with van der Waals surface area (Å²) in [6, 6.07) is 4.79. The third-order valence-electron chi connectivity index (χ3n) is 2.79. The number of hydrogen-bond donors (Lipinski definition) is 0. The zero-order valence-electron chi connectivity index (χ0n) is 10.5. The Hall–Kier alpha value is -1.82. The van der Waals surface area contributed by atoms with Gasteiger partial charge in [-0.2, -0.15) is 0 Å². The van der Waals surface area contributed by atoms with Gasteiger partial charge in [-0.15, -0.1) is 0 Å². The van der Waals surface area contributed by atoms with E-state index in [2.05, 4.69) is 15.9 Å². The second-order valence-electron chi connectivity index (χ2n) is 4.29. The molecule has 104 valence electrons. The molecule has 0 N–H and O–H groups in total. The monoisotopic (exact) mass is 341 g/mol. The summed E-state index contributed by atoms with van der Waals surface area (Å²) < 4.78 is 28.7. The van der Waals surface area contributed by atoms with Gasteiger partial charge >= 0.3 is 0 Å². The lowest BCUT2D eigenvalue weighted by atomic mass is 10.1. The summed E-state index contributed by atoms with van der Waals surface area (Å²) in [5, 5.41) is 0. The van der Waals surface area contributed by atoms with Gasteiger partial charge in [-0.3, -0.25) is 9.59 Å². The number of carbonyl (C=O) groups is 1. The largest absolute Gasteiger partial charge is 0.306 e. The summed E-state index contributed by atoms with van der Waals surface area (Å²) in [5.74, 6) is -2.66. The Bertz CT molecular complexity index is 720. The van der Waals surface area contributed by atoms with E-state index in [-0.39, 0.29) is 5.56 Å². The molecule has 1 heterocycles. The maximum absolute atomic E-state index is 13.5. The molecule has 1 aromatic carbocycles. The van der Waals surface area contributed by atoms with Crippen LogP contribution in [0.15, 0.2) is 39.7 Å². The van der Waals surface area contributed by atoms with Crippen LogP contribution in [0.3, 0.4) is 0 Å². The first-order valence-corrected chi connectivity index (χ1v) is 6.53. The molecule has 0 bridgehead atoms. The van der Waals surface area contributed by atoms with Crippen molar-refractivity contribution in [1.82, 2.24) is 4.57 Å². The van der Waals surface area contributed by atoms with Crippen LogP contribution in [0.1, 0.15) is 15.9 Å². The van der Waals surface area contributed by atoms with Gasteiger partial charge in [0.25, 0.3) is 5.56 Å². The molecule has 0 spiro atoms. The van der Waals surface area contributed by atoms with Crippen molar-refractivity contribution in [3.8, 4) is 0 Å². The van der Waals surface area contributed by atoms with Crippen LogP contribution in [0.5, 0.6) is 0 Å². The molecule has 1 aromatic heterocycles. The van der Waals surface area contributed by atoms with Crippen LogP contribution >= 0.6 is 15.9 Å². The molecule has 2 aromatic rings. The van der Waals surface area contributed by atoms with Crippen LogP contribution in [-0.4, -0.2) is 10.4 Å². The van der Waals surface area contributed by atoms with E-state index in [1.165, 1.54) is 12.3 Å². The van der Waals surface area contributed by atoms with E-state index in [0.29, 0.717) is 10.0 Å². The molecule has 20 heavy (non-hydrogen) atoms. The highest BCUT2D eigenvalue weighted by atomic mass is 79.9. The smallest absolute Gasteiger partial charge is 0.253 e. The minimum atomic E-state index is -0.935. The van der Waals surface area contributed by atoms with Gasteiger partial charge in [0.2, 0.25) is 0 Å². The van der Waals surface area contributed by atoms with E-state index in [9.17, 15) is 18.4 Å². The maximum Gasteiger partial charge on any atom is 0.253 e. The van der Waals surface area contributed by atoms with Crippen molar-refractivity contribution in [3.63, 3.8) is 0 Å². The van der Waals surface area contributed by atoms with Crippen LogP contribution in [0.2, 0.25) is 0 Å². The van der Waals surface area contributed by atoms with Crippen molar-refractivity contribution in [3.05, 3.63) is 68.1 Å². The van der Waals surface area contributed by atoms with Gasteiger partial charge in [-0.25, -0.2) is 8.78 Å². The number of halogens is 3. The Labute approximate surface area is 122 Å². The molecule has 6 heteroatoms. The minimum absolute atomic E-state index is 0.377. The summed E-state index contributed by atoms with van der Waals surface area (Å²) in [5.41, 5.74) is -0.573. The standard InChI is InChI=1S/C14H10BrF2NO2/c1-8-5-9(15)6-18(14(8)20)7-12(19)13-10(16)3-2-4-11(13)17/h2-6H,7H2,1H3. The summed E-state index contributed by atoms with van der Waals surface area (Å²) in [4.78, 5) is 23.8. The molecular weight excluding hydrogens is 332 g/mol. The van der Waals surface area contributed by atoms with Crippen molar-refractivity contribution < 1.29 is 13.6 Å². The van der Waals surface area contributed by atoms with Crippen molar-refractivity contribution in [2.24, 2.45) is 0 Å². The number of nitrogens with zero attached hydrogens (tertiary/aromatic N) is 1. The number of benzene rings is 1. The fourth-order valence-electron chi connectivity index (χ4n) is 1.86. The first-order valence-electron chi connectivity index (χ1n) is 5.74. The van der Waals surface area contributed by atoms with E-state index in [0.717, 1.165) is 16.7 Å². The normalized spacial score (nSPS) is 10.6. The van der Waals surface area contributed by atoms with E-state index in [4.69, 9.17) is 0 Å². The van der Waals surface area contributed by atoms with Crippen LogP contribution in [0, 0.1) is 18.6 Å². The Morgan fingerprint density at radius 1 is 1.30 bits per heavy atom. The number of carbonyl (C=O) groups excluding carboxylic acids is 1. The number of Topliss-reactive ketones (excluding diaryl/α,β-unsaturated/α-hetero) is 1. The summed E-state index contributed by atoms with van der Waals surface area (Å²) in [7, 11) is 0. The SMILES string of the molecule is Cc1cc(Br)cn(CC(=O)c2c(F)cccc2F)c1=O. The highest BCUT2D eigenvalue weighted by Crippen LogP contribution is 2.14. The lowest BCUT2D eigenvalue weighted by Gasteiger charge is -2.08. The molecule has 0 atom stereocenters. The van der Waals surface area contributed by atoms with Gasteiger partial charge in [0.1, 0.15) is 11.6 Å². The van der Waals surface area contributed by atoms with Crippen LogP contribution in [0.4, 0.5) is 8.78 Å². The molecule has 0 fully saturated rings. The Morgan fingerprint density at radius 3 is 2.50 bits per heavy atom. The highest BCUT2D eigenvalue weighted by molar-refractivity contribution is 9.10. The minimum Gasteiger partial charge on any atom is -0.306 e. The van der Waals surface area contributed by atoms with Gasteiger partial charge < -0.3 is 4.57 Å². The van der Waals surface area contributed by atoms with Gasteiger partial charge in [0.15, 0.2) is 5.78 Å². The van der Waals surface area contributed by atoms with Gasteiger partial charge in [0.05, 0.1) is 12.1 Å². The van der Waals surface area contributed by atoms with Gasteiger partial charge in [-0.05, 0) is 41.1 Å². The number of pyridine rings is 1. The lowest BCUT2D eigenvalue weighted by molar-refractivity contribution is 0.0962. The third-order valence-corrected chi connectivity index (χ3v) is 3.22. The summed E-state index contributed by atoms with van der Waals surface area (Å²) in [6.45, 7) is 1.18. The lowest BCUT2D eigenvalue weighted by Crippen LogP contribution is -2.26. The highest BCUT2D eigenvalue weighted by Gasteiger charge is 2.18. The average Bonchev–Trinajstić information content (AvgIpc) is 2.35. The van der Waals surface area contributed by atoms with Crippen molar-refractivity contribution >= 4 is 21.7 Å². The van der Waals surface area contributed by atoms with Crippen molar-refractivity contribution in [2.75, 3.05) is 0 Å². The molecule has 0 amide bonds. The number of hydrogen-bond acceptors (Lipinski definition) is 2. The van der Waals surface area contributed by atoms with Gasteiger partial charge in [0, 0.05) is 16.2 Å². The zero-order chi connectivity index (χ0) is 14.9. The molecule has 0 saturated heterocycles. The van der Waals surface area contributed by atoms with Crippen LogP contribution < -0.4 is 5.56 Å². The maximum atomic E-state index is 13.5. The molecular formula is C14H10BrF2NO2. The second kappa shape index (κ2) is 5.66. The topological polar surface area (TPSA) is 39.1 Å². The van der Waals surface area contributed by atoms with Crippen LogP contribution in [0.25, 0.3) is 0 Å². The van der Waals surface area contributed by atoms with E-state index in [1.807, 2.05) is 0 Å². The number of aryl methyl sites for hydroxylation is 1. The summed E-state index contributed by atoms with van der Waals surface area (Å²) >= 11 is 3.20. The Balaban J connectivity index is 2.41. The number of aromatic nitrogens is 1. The Morgan fingerprint density at radius 2 is 1.90 bits per heavy atom. The molecule has 0 aliphatic carbocycles. The molecule has 0 unspecified atom stereocenters. The Kier molecular flexibility index (Phi) is 4.13. The van der Waals surface area contributed by atoms with Crippen molar-refractivity contribution in [1.29, 1.82) is 0 Å². The fraction of sp³-hybridized carbons (Fsp3) is 0.143. The van der Waals surface area contributed by atoms with Crippen molar-refractivity contribution in [2.45, 2.75) is 13.5 Å². The summed E-state index contributed by atoms with van der Waals surface area (Å²) in [6.07, 6.45) is 1.41.